The lowest BCUT2D eigenvalue weighted by Crippen LogP contribution is -2.35. The Kier molecular flexibility index (Phi) is 3.45. The molecular weight excluding hydrogens is 172 g/mol. The van der Waals surface area contributed by atoms with Gasteiger partial charge in [-0.15, -0.1) is 0 Å². The Labute approximate surface area is 88.1 Å². The Morgan fingerprint density at radius 1 is 1.21 bits per heavy atom. The van der Waals surface area contributed by atoms with Gasteiger partial charge < -0.3 is 10.2 Å². The molecule has 1 aliphatic heterocycles. The number of rotatable bonds is 4. The first-order valence-corrected chi connectivity index (χ1v) is 6.15. The highest BCUT2D eigenvalue weighted by Crippen LogP contribution is 2.36. The van der Waals surface area contributed by atoms with Crippen LogP contribution in [0.1, 0.15) is 26.2 Å². The van der Waals surface area contributed by atoms with Gasteiger partial charge in [-0.1, -0.05) is 6.92 Å². The molecule has 1 saturated carbocycles. The Morgan fingerprint density at radius 3 is 2.43 bits per heavy atom. The van der Waals surface area contributed by atoms with Crippen molar-refractivity contribution in [1.82, 2.24) is 10.2 Å². The standard InChI is InChI=1S/C12H24N2/c1-10-7-12(10)9-13-8-11-3-5-14(2)6-4-11/h10-13H,3-9H2,1-2H3. The topological polar surface area (TPSA) is 15.3 Å². The molecule has 0 aromatic heterocycles. The Bertz CT molecular complexity index is 173. The number of hydrogen-bond donors (Lipinski definition) is 1. The summed E-state index contributed by atoms with van der Waals surface area (Å²) in [6, 6.07) is 0. The maximum Gasteiger partial charge on any atom is -0.00177 e. The molecule has 2 nitrogen and oxygen atoms in total. The Balaban J connectivity index is 1.53. The quantitative estimate of drug-likeness (QED) is 0.734. The molecule has 1 N–H and O–H groups in total. The molecule has 82 valence electrons. The summed E-state index contributed by atoms with van der Waals surface area (Å²) < 4.78 is 0. The van der Waals surface area contributed by atoms with Gasteiger partial charge >= 0.3 is 0 Å². The molecule has 0 spiro atoms. The summed E-state index contributed by atoms with van der Waals surface area (Å²) in [5.74, 6) is 2.95. The van der Waals surface area contributed by atoms with Crippen LogP contribution in [0, 0.1) is 17.8 Å². The van der Waals surface area contributed by atoms with Gasteiger partial charge in [0.15, 0.2) is 0 Å². The van der Waals surface area contributed by atoms with Crippen LogP contribution in [-0.2, 0) is 0 Å². The van der Waals surface area contributed by atoms with Crippen molar-refractivity contribution in [3.8, 4) is 0 Å². The van der Waals surface area contributed by atoms with Crippen LogP contribution < -0.4 is 5.32 Å². The number of likely N-dealkylation sites (tertiary alicyclic amines) is 1. The molecule has 0 radical (unpaired) electrons. The van der Waals surface area contributed by atoms with Gasteiger partial charge in [0.2, 0.25) is 0 Å². The minimum absolute atomic E-state index is 0.945. The molecule has 2 unspecified atom stereocenters. The molecule has 2 rings (SSSR count). The van der Waals surface area contributed by atoms with Crippen molar-refractivity contribution in [3.05, 3.63) is 0 Å². The second kappa shape index (κ2) is 4.63. The highest BCUT2D eigenvalue weighted by atomic mass is 15.1. The van der Waals surface area contributed by atoms with E-state index in [2.05, 4.69) is 24.2 Å². The van der Waals surface area contributed by atoms with Crippen LogP contribution in [0.4, 0.5) is 0 Å². The molecule has 2 atom stereocenters. The SMILES string of the molecule is CC1CC1CNCC1CCN(C)CC1. The fourth-order valence-corrected chi connectivity index (χ4v) is 2.42. The number of nitrogens with zero attached hydrogens (tertiary/aromatic N) is 1. The predicted molar refractivity (Wildman–Crippen MR) is 60.4 cm³/mol. The molecule has 0 bridgehead atoms. The van der Waals surface area contributed by atoms with Gasteiger partial charge in [0.05, 0.1) is 0 Å². The minimum atomic E-state index is 0.945. The third kappa shape index (κ3) is 2.96. The normalized spacial score (nSPS) is 34.7. The largest absolute Gasteiger partial charge is 0.316 e. The molecule has 0 aromatic rings. The second-order valence-corrected chi connectivity index (χ2v) is 5.38. The molecule has 2 aliphatic rings. The van der Waals surface area contributed by atoms with E-state index >= 15 is 0 Å². The monoisotopic (exact) mass is 196 g/mol. The van der Waals surface area contributed by atoms with Crippen LogP contribution in [0.25, 0.3) is 0 Å². The van der Waals surface area contributed by atoms with E-state index in [1.54, 1.807) is 0 Å². The molecule has 0 aromatic carbocycles. The number of piperidine rings is 1. The van der Waals surface area contributed by atoms with E-state index in [0.717, 1.165) is 17.8 Å². The Morgan fingerprint density at radius 2 is 1.86 bits per heavy atom. The van der Waals surface area contributed by atoms with E-state index in [-0.39, 0.29) is 0 Å². The van der Waals surface area contributed by atoms with Crippen molar-refractivity contribution in [2.75, 3.05) is 33.2 Å². The molecular formula is C12H24N2. The van der Waals surface area contributed by atoms with Crippen LogP contribution in [0.2, 0.25) is 0 Å². The summed E-state index contributed by atoms with van der Waals surface area (Å²) in [4.78, 5) is 2.44. The highest BCUT2D eigenvalue weighted by molar-refractivity contribution is 4.84. The van der Waals surface area contributed by atoms with E-state index < -0.39 is 0 Å². The summed E-state index contributed by atoms with van der Waals surface area (Å²) in [5, 5.41) is 3.64. The fraction of sp³-hybridized carbons (Fsp3) is 1.00. The van der Waals surface area contributed by atoms with Gasteiger partial charge in [0.25, 0.3) is 0 Å². The van der Waals surface area contributed by atoms with Crippen molar-refractivity contribution >= 4 is 0 Å². The van der Waals surface area contributed by atoms with Gasteiger partial charge in [-0.3, -0.25) is 0 Å². The summed E-state index contributed by atoms with van der Waals surface area (Å²) in [6.07, 6.45) is 4.24. The van der Waals surface area contributed by atoms with Gasteiger partial charge in [-0.2, -0.15) is 0 Å². The third-order valence-electron chi connectivity index (χ3n) is 3.95. The average molecular weight is 196 g/mol. The van der Waals surface area contributed by atoms with Crippen molar-refractivity contribution in [2.45, 2.75) is 26.2 Å². The molecule has 1 aliphatic carbocycles. The molecule has 0 amide bonds. The molecule has 2 fully saturated rings. The zero-order chi connectivity index (χ0) is 9.97. The van der Waals surface area contributed by atoms with Gasteiger partial charge in [0.1, 0.15) is 0 Å². The van der Waals surface area contributed by atoms with Crippen LogP contribution in [0.15, 0.2) is 0 Å². The van der Waals surface area contributed by atoms with E-state index in [0.29, 0.717) is 0 Å². The summed E-state index contributed by atoms with van der Waals surface area (Å²) >= 11 is 0. The van der Waals surface area contributed by atoms with Crippen LogP contribution in [0.3, 0.4) is 0 Å². The van der Waals surface area contributed by atoms with Crippen LogP contribution in [-0.4, -0.2) is 38.1 Å². The average Bonchev–Trinajstić information content (AvgIpc) is 2.86. The van der Waals surface area contributed by atoms with Crippen LogP contribution in [0.5, 0.6) is 0 Å². The van der Waals surface area contributed by atoms with E-state index in [1.165, 1.54) is 45.4 Å². The van der Waals surface area contributed by atoms with Gasteiger partial charge in [0, 0.05) is 0 Å². The zero-order valence-electron chi connectivity index (χ0n) is 9.63. The predicted octanol–water partition coefficient (Wildman–Crippen LogP) is 1.57. The lowest BCUT2D eigenvalue weighted by molar-refractivity contribution is 0.216. The summed E-state index contributed by atoms with van der Waals surface area (Å²) in [6.45, 7) is 7.49. The number of hydrogen-bond acceptors (Lipinski definition) is 2. The fourth-order valence-electron chi connectivity index (χ4n) is 2.42. The lowest BCUT2D eigenvalue weighted by Gasteiger charge is -2.29. The maximum absolute atomic E-state index is 3.64. The molecule has 1 heterocycles. The van der Waals surface area contributed by atoms with E-state index in [4.69, 9.17) is 0 Å². The van der Waals surface area contributed by atoms with Crippen molar-refractivity contribution < 1.29 is 0 Å². The summed E-state index contributed by atoms with van der Waals surface area (Å²) in [5.41, 5.74) is 0. The first-order valence-electron chi connectivity index (χ1n) is 6.15. The second-order valence-electron chi connectivity index (χ2n) is 5.38. The maximum atomic E-state index is 3.64. The molecule has 14 heavy (non-hydrogen) atoms. The van der Waals surface area contributed by atoms with E-state index in [9.17, 15) is 0 Å². The van der Waals surface area contributed by atoms with Crippen molar-refractivity contribution in [3.63, 3.8) is 0 Å². The first-order chi connectivity index (χ1) is 6.75. The van der Waals surface area contributed by atoms with Crippen molar-refractivity contribution in [1.29, 1.82) is 0 Å². The first kappa shape index (κ1) is 10.4. The molecule has 1 saturated heterocycles. The summed E-state index contributed by atoms with van der Waals surface area (Å²) in [7, 11) is 2.23. The van der Waals surface area contributed by atoms with Crippen molar-refractivity contribution in [2.24, 2.45) is 17.8 Å². The van der Waals surface area contributed by atoms with Gasteiger partial charge in [-0.05, 0) is 70.2 Å². The number of nitrogens with one attached hydrogen (secondary N) is 1. The lowest BCUT2D eigenvalue weighted by atomic mass is 9.97. The minimum Gasteiger partial charge on any atom is -0.316 e. The smallest absolute Gasteiger partial charge is 0.00177 e. The van der Waals surface area contributed by atoms with Gasteiger partial charge in [-0.25, -0.2) is 0 Å². The Hall–Kier alpha value is -0.0800. The zero-order valence-corrected chi connectivity index (χ0v) is 9.63. The highest BCUT2D eigenvalue weighted by Gasteiger charge is 2.31. The molecule has 2 heteroatoms. The van der Waals surface area contributed by atoms with Crippen LogP contribution >= 0.6 is 0 Å². The van der Waals surface area contributed by atoms with E-state index in [1.807, 2.05) is 0 Å². The third-order valence-corrected chi connectivity index (χ3v) is 3.95.